The fraction of sp³-hybridized carbons (Fsp3) is 0.333. The molecule has 3 rings (SSSR count). The van der Waals surface area contributed by atoms with Crippen LogP contribution in [0.4, 0.5) is 14.5 Å². The van der Waals surface area contributed by atoms with Gasteiger partial charge in [-0.2, -0.15) is 0 Å². The SMILES string of the molecule is C[C@@H]1CN(c2c(C=O)cc(C#Cc3nccs3)c(F)c2F)C[C@H](C)O1. The van der Waals surface area contributed by atoms with E-state index in [4.69, 9.17) is 4.74 Å². The third-order valence-corrected chi connectivity index (χ3v) is 4.50. The highest BCUT2D eigenvalue weighted by atomic mass is 32.1. The number of halogens is 2. The fourth-order valence-corrected chi connectivity index (χ4v) is 3.39. The van der Waals surface area contributed by atoms with Crippen LogP contribution in [0.2, 0.25) is 0 Å². The normalized spacial score (nSPS) is 20.1. The van der Waals surface area contributed by atoms with Gasteiger partial charge in [0.15, 0.2) is 22.9 Å². The van der Waals surface area contributed by atoms with Crippen molar-refractivity contribution in [3.05, 3.63) is 45.4 Å². The zero-order valence-corrected chi connectivity index (χ0v) is 14.6. The number of rotatable bonds is 2. The first-order valence-corrected chi connectivity index (χ1v) is 8.66. The Balaban J connectivity index is 2.03. The Morgan fingerprint density at radius 3 is 2.60 bits per heavy atom. The first-order valence-electron chi connectivity index (χ1n) is 7.78. The molecule has 0 aliphatic carbocycles. The summed E-state index contributed by atoms with van der Waals surface area (Å²) in [6, 6.07) is 1.28. The third kappa shape index (κ3) is 3.70. The quantitative estimate of drug-likeness (QED) is 0.608. The van der Waals surface area contributed by atoms with Gasteiger partial charge in [-0.25, -0.2) is 13.8 Å². The highest BCUT2D eigenvalue weighted by Gasteiger charge is 2.28. The molecule has 1 fully saturated rings. The van der Waals surface area contributed by atoms with Gasteiger partial charge in [-0.15, -0.1) is 11.3 Å². The van der Waals surface area contributed by atoms with E-state index < -0.39 is 11.6 Å². The molecule has 25 heavy (non-hydrogen) atoms. The van der Waals surface area contributed by atoms with Crippen LogP contribution in [0.25, 0.3) is 0 Å². The number of morpholine rings is 1. The Labute approximate surface area is 148 Å². The molecular formula is C18H16F2N2O2S. The molecule has 1 aromatic heterocycles. The summed E-state index contributed by atoms with van der Waals surface area (Å²) in [7, 11) is 0. The van der Waals surface area contributed by atoms with E-state index in [0.29, 0.717) is 24.4 Å². The number of hydrogen-bond acceptors (Lipinski definition) is 5. The molecule has 0 radical (unpaired) electrons. The molecule has 7 heteroatoms. The van der Waals surface area contributed by atoms with Crippen LogP contribution in [0.15, 0.2) is 17.6 Å². The highest BCUT2D eigenvalue weighted by molar-refractivity contribution is 7.10. The molecule has 2 heterocycles. The van der Waals surface area contributed by atoms with Gasteiger partial charge in [0.2, 0.25) is 0 Å². The van der Waals surface area contributed by atoms with Gasteiger partial charge in [-0.3, -0.25) is 4.79 Å². The van der Waals surface area contributed by atoms with Crippen LogP contribution in [0.5, 0.6) is 0 Å². The highest BCUT2D eigenvalue weighted by Crippen LogP contribution is 2.30. The van der Waals surface area contributed by atoms with E-state index in [1.807, 2.05) is 13.8 Å². The zero-order chi connectivity index (χ0) is 18.0. The van der Waals surface area contributed by atoms with Crippen molar-refractivity contribution in [3.63, 3.8) is 0 Å². The summed E-state index contributed by atoms with van der Waals surface area (Å²) >= 11 is 1.30. The molecule has 2 aromatic rings. The topological polar surface area (TPSA) is 42.4 Å². The van der Waals surface area contributed by atoms with Crippen molar-refractivity contribution in [2.45, 2.75) is 26.1 Å². The van der Waals surface area contributed by atoms with E-state index in [1.165, 1.54) is 17.4 Å². The van der Waals surface area contributed by atoms with Gasteiger partial charge in [-0.1, -0.05) is 5.92 Å². The number of ether oxygens (including phenoxy) is 1. The molecule has 4 nitrogen and oxygen atoms in total. The van der Waals surface area contributed by atoms with Gasteiger partial charge in [0.05, 0.1) is 23.5 Å². The van der Waals surface area contributed by atoms with Crippen molar-refractivity contribution in [1.82, 2.24) is 4.98 Å². The summed E-state index contributed by atoms with van der Waals surface area (Å²) in [6.45, 7) is 4.47. The Hall–Kier alpha value is -2.30. The lowest BCUT2D eigenvalue weighted by Crippen LogP contribution is -2.46. The van der Waals surface area contributed by atoms with Gasteiger partial charge in [0, 0.05) is 30.2 Å². The number of aromatic nitrogens is 1. The first-order chi connectivity index (χ1) is 12.0. The average Bonchev–Trinajstić information content (AvgIpc) is 3.08. The average molecular weight is 362 g/mol. The van der Waals surface area contributed by atoms with E-state index in [1.54, 1.807) is 16.5 Å². The Bertz CT molecular complexity index is 833. The van der Waals surface area contributed by atoms with Crippen molar-refractivity contribution in [1.29, 1.82) is 0 Å². The molecule has 1 aromatic carbocycles. The maximum atomic E-state index is 14.7. The van der Waals surface area contributed by atoms with E-state index >= 15 is 0 Å². The summed E-state index contributed by atoms with van der Waals surface area (Å²) in [6.07, 6.45) is 1.81. The van der Waals surface area contributed by atoms with Crippen molar-refractivity contribution in [3.8, 4) is 11.8 Å². The zero-order valence-electron chi connectivity index (χ0n) is 13.8. The second-order valence-corrected chi connectivity index (χ2v) is 6.75. The van der Waals surface area contributed by atoms with Crippen LogP contribution < -0.4 is 4.90 Å². The minimum Gasteiger partial charge on any atom is -0.372 e. The van der Waals surface area contributed by atoms with Crippen LogP contribution in [0.1, 0.15) is 34.8 Å². The molecule has 2 atom stereocenters. The molecule has 0 spiro atoms. The van der Waals surface area contributed by atoms with Crippen LogP contribution in [-0.2, 0) is 4.74 Å². The van der Waals surface area contributed by atoms with Crippen molar-refractivity contribution < 1.29 is 18.3 Å². The Morgan fingerprint density at radius 2 is 2.00 bits per heavy atom. The number of aldehydes is 1. The van der Waals surface area contributed by atoms with E-state index in [9.17, 15) is 13.6 Å². The Kier molecular flexibility index (Phi) is 5.11. The molecule has 0 amide bonds. The Morgan fingerprint density at radius 1 is 1.28 bits per heavy atom. The minimum absolute atomic E-state index is 0.0331. The molecule has 1 aliphatic heterocycles. The molecule has 0 bridgehead atoms. The second kappa shape index (κ2) is 7.30. The number of nitrogens with zero attached hydrogens (tertiary/aromatic N) is 2. The monoisotopic (exact) mass is 362 g/mol. The third-order valence-electron chi connectivity index (χ3n) is 3.81. The second-order valence-electron chi connectivity index (χ2n) is 5.86. The van der Waals surface area contributed by atoms with Crippen LogP contribution in [0.3, 0.4) is 0 Å². The molecule has 1 aliphatic rings. The summed E-state index contributed by atoms with van der Waals surface area (Å²) in [5.74, 6) is 3.11. The molecule has 0 unspecified atom stereocenters. The maximum absolute atomic E-state index is 14.7. The molecule has 0 N–H and O–H groups in total. The number of thiazole rings is 1. The smallest absolute Gasteiger partial charge is 0.184 e. The number of carbonyl (C=O) groups is 1. The number of anilines is 1. The predicted octanol–water partition coefficient (Wildman–Crippen LogP) is 3.25. The summed E-state index contributed by atoms with van der Waals surface area (Å²) in [4.78, 5) is 17.1. The van der Waals surface area contributed by atoms with Crippen LogP contribution >= 0.6 is 11.3 Å². The standard InChI is InChI=1S/C18H16F2N2O2S/c1-11-8-22(9-12(2)24-11)18-14(10-23)7-13(16(19)17(18)20)3-4-15-21-5-6-25-15/h5-7,10-12H,8-9H2,1-2H3/t11-,12+. The van der Waals surface area contributed by atoms with Crippen molar-refractivity contribution >= 4 is 23.3 Å². The lowest BCUT2D eigenvalue weighted by molar-refractivity contribution is -0.00547. The predicted molar refractivity (Wildman–Crippen MR) is 92.1 cm³/mol. The van der Waals surface area contributed by atoms with Gasteiger partial charge in [0.1, 0.15) is 0 Å². The van der Waals surface area contributed by atoms with Crippen LogP contribution in [-0.4, -0.2) is 36.6 Å². The molecule has 0 saturated carbocycles. The van der Waals surface area contributed by atoms with Crippen LogP contribution in [0, 0.1) is 23.5 Å². The van der Waals surface area contributed by atoms with Gasteiger partial charge in [-0.05, 0) is 25.8 Å². The fourth-order valence-electron chi connectivity index (χ4n) is 2.90. The van der Waals surface area contributed by atoms with Gasteiger partial charge >= 0.3 is 0 Å². The molecule has 130 valence electrons. The number of benzene rings is 1. The minimum atomic E-state index is -1.06. The van der Waals surface area contributed by atoms with Crippen molar-refractivity contribution in [2.75, 3.05) is 18.0 Å². The largest absolute Gasteiger partial charge is 0.372 e. The number of hydrogen-bond donors (Lipinski definition) is 0. The van der Waals surface area contributed by atoms with Crippen molar-refractivity contribution in [2.24, 2.45) is 0 Å². The lowest BCUT2D eigenvalue weighted by Gasteiger charge is -2.37. The van der Waals surface area contributed by atoms with Gasteiger partial charge in [0.25, 0.3) is 0 Å². The lowest BCUT2D eigenvalue weighted by atomic mass is 10.1. The first kappa shape index (κ1) is 17.5. The van der Waals surface area contributed by atoms with E-state index in [-0.39, 0.29) is 29.0 Å². The number of carbonyl (C=O) groups excluding carboxylic acids is 1. The van der Waals surface area contributed by atoms with E-state index in [0.717, 1.165) is 0 Å². The van der Waals surface area contributed by atoms with Gasteiger partial charge < -0.3 is 9.64 Å². The molecular weight excluding hydrogens is 346 g/mol. The summed E-state index contributed by atoms with van der Waals surface area (Å²) < 4.78 is 34.8. The summed E-state index contributed by atoms with van der Waals surface area (Å²) in [5, 5.41) is 2.23. The maximum Gasteiger partial charge on any atom is 0.184 e. The summed E-state index contributed by atoms with van der Waals surface area (Å²) in [5.41, 5.74) is -0.120. The molecule has 1 saturated heterocycles. The van der Waals surface area contributed by atoms with E-state index in [2.05, 4.69) is 16.8 Å².